The van der Waals surface area contributed by atoms with Crippen LogP contribution in [0.4, 0.5) is 4.79 Å². The van der Waals surface area contributed by atoms with Crippen molar-refractivity contribution in [3.63, 3.8) is 0 Å². The first-order valence-electron chi connectivity index (χ1n) is 8.16. The average Bonchev–Trinajstić information content (AvgIpc) is 2.62. The molecule has 2 amide bonds. The van der Waals surface area contributed by atoms with Crippen LogP contribution in [0.5, 0.6) is 0 Å². The van der Waals surface area contributed by atoms with Crippen LogP contribution in [0.2, 0.25) is 0 Å². The Bertz CT molecular complexity index is 675. The third kappa shape index (κ3) is 3.89. The summed E-state index contributed by atoms with van der Waals surface area (Å²) in [6.07, 6.45) is 5.17. The van der Waals surface area contributed by atoms with Crippen molar-refractivity contribution in [2.45, 2.75) is 26.0 Å². The van der Waals surface area contributed by atoms with Gasteiger partial charge in [0, 0.05) is 31.0 Å². The number of urea groups is 1. The highest BCUT2D eigenvalue weighted by molar-refractivity contribution is 5.75. The normalized spacial score (nSPS) is 18.9. The van der Waals surface area contributed by atoms with Crippen LogP contribution < -0.4 is 5.32 Å². The summed E-state index contributed by atoms with van der Waals surface area (Å²) < 4.78 is 5.47. The van der Waals surface area contributed by atoms with Gasteiger partial charge in [-0.2, -0.15) is 0 Å². The lowest BCUT2D eigenvalue weighted by Gasteiger charge is -2.32. The number of nitrogens with zero attached hydrogens (tertiary/aromatic N) is 3. The zero-order valence-corrected chi connectivity index (χ0v) is 14.0. The largest absolute Gasteiger partial charge is 0.375 e. The van der Waals surface area contributed by atoms with Gasteiger partial charge in [0.25, 0.3) is 0 Å². The molecule has 0 bridgehead atoms. The predicted octanol–water partition coefficient (Wildman–Crippen LogP) is 2.63. The molecule has 2 heterocycles. The van der Waals surface area contributed by atoms with Gasteiger partial charge in [-0.3, -0.25) is 0 Å². The van der Waals surface area contributed by atoms with E-state index < -0.39 is 0 Å². The summed E-state index contributed by atoms with van der Waals surface area (Å²) in [5, 5.41) is 3.05. The van der Waals surface area contributed by atoms with Crippen molar-refractivity contribution in [1.29, 1.82) is 0 Å². The monoisotopic (exact) mass is 326 g/mol. The summed E-state index contributed by atoms with van der Waals surface area (Å²) in [7, 11) is 0. The van der Waals surface area contributed by atoms with E-state index in [0.29, 0.717) is 19.7 Å². The number of morpholine rings is 1. The van der Waals surface area contributed by atoms with Crippen LogP contribution in [-0.4, -0.2) is 46.7 Å². The van der Waals surface area contributed by atoms with Crippen LogP contribution in [0.3, 0.4) is 0 Å². The number of ether oxygens (including phenoxy) is 1. The molecule has 1 fully saturated rings. The second-order valence-electron chi connectivity index (χ2n) is 6.05. The first-order chi connectivity index (χ1) is 11.6. The minimum Gasteiger partial charge on any atom is -0.375 e. The topological polar surface area (TPSA) is 67.4 Å². The highest BCUT2D eigenvalue weighted by atomic mass is 16.5. The van der Waals surface area contributed by atoms with Crippen molar-refractivity contribution in [1.82, 2.24) is 20.2 Å². The Morgan fingerprint density at radius 1 is 1.25 bits per heavy atom. The smallest absolute Gasteiger partial charge is 0.318 e. The molecular weight excluding hydrogens is 304 g/mol. The Morgan fingerprint density at radius 2 is 1.96 bits per heavy atom. The number of rotatable bonds is 3. The maximum absolute atomic E-state index is 12.4. The van der Waals surface area contributed by atoms with Crippen molar-refractivity contribution in [2.75, 3.05) is 19.7 Å². The molecule has 1 saturated heterocycles. The maximum atomic E-state index is 12.4. The second kappa shape index (κ2) is 7.40. The molecule has 1 aliphatic rings. The first-order valence-corrected chi connectivity index (χ1v) is 8.16. The predicted molar refractivity (Wildman–Crippen MR) is 91.4 cm³/mol. The minimum absolute atomic E-state index is 0.0433. The van der Waals surface area contributed by atoms with Crippen molar-refractivity contribution in [2.24, 2.45) is 0 Å². The van der Waals surface area contributed by atoms with Crippen LogP contribution in [0, 0.1) is 0 Å². The van der Waals surface area contributed by atoms with Gasteiger partial charge < -0.3 is 15.0 Å². The Labute approximate surface area is 141 Å². The van der Waals surface area contributed by atoms with E-state index >= 15 is 0 Å². The lowest BCUT2D eigenvalue weighted by atomic mass is 10.0. The number of aromatic nitrogens is 2. The number of hydrogen-bond donors (Lipinski definition) is 1. The van der Waals surface area contributed by atoms with Gasteiger partial charge in [-0.1, -0.05) is 24.3 Å². The Hall–Kier alpha value is -2.47. The van der Waals surface area contributed by atoms with E-state index in [4.69, 9.17) is 4.74 Å². The van der Waals surface area contributed by atoms with E-state index in [9.17, 15) is 4.79 Å². The van der Waals surface area contributed by atoms with E-state index in [1.165, 1.54) is 6.33 Å². The summed E-state index contributed by atoms with van der Waals surface area (Å²) in [4.78, 5) is 22.2. The van der Waals surface area contributed by atoms with Gasteiger partial charge in [0.05, 0.1) is 18.8 Å². The minimum atomic E-state index is -0.0586. The molecule has 1 N–H and O–H groups in total. The zero-order valence-electron chi connectivity index (χ0n) is 14.0. The average molecular weight is 326 g/mol. The van der Waals surface area contributed by atoms with E-state index in [0.717, 1.165) is 16.7 Å². The molecule has 3 rings (SSSR count). The number of benzene rings is 1. The molecule has 0 saturated carbocycles. The molecule has 0 aliphatic carbocycles. The van der Waals surface area contributed by atoms with Crippen LogP contribution in [-0.2, 0) is 4.74 Å². The van der Waals surface area contributed by atoms with Crippen molar-refractivity contribution in [3.8, 4) is 11.1 Å². The third-order valence-corrected chi connectivity index (χ3v) is 4.17. The van der Waals surface area contributed by atoms with Gasteiger partial charge in [0.15, 0.2) is 0 Å². The fourth-order valence-corrected chi connectivity index (χ4v) is 2.78. The van der Waals surface area contributed by atoms with Gasteiger partial charge in [-0.05, 0) is 25.0 Å². The number of nitrogens with one attached hydrogen (secondary N) is 1. The third-order valence-electron chi connectivity index (χ3n) is 4.17. The molecule has 1 aliphatic heterocycles. The van der Waals surface area contributed by atoms with Crippen LogP contribution >= 0.6 is 0 Å². The summed E-state index contributed by atoms with van der Waals surface area (Å²) in [5.74, 6) is 0. The first kappa shape index (κ1) is 16.4. The lowest BCUT2D eigenvalue weighted by molar-refractivity contribution is -0.00380. The van der Waals surface area contributed by atoms with Crippen molar-refractivity contribution >= 4 is 6.03 Å². The quantitative estimate of drug-likeness (QED) is 0.941. The molecule has 6 nitrogen and oxygen atoms in total. The molecule has 1 aromatic heterocycles. The summed E-state index contributed by atoms with van der Waals surface area (Å²) in [5.41, 5.74) is 3.09. The number of carbonyl (C=O) groups is 1. The maximum Gasteiger partial charge on any atom is 0.318 e. The standard InChI is InChI=1S/C18H22N4O2/c1-13-11-22(7-8-24-13)18(23)21-14(2)15-3-5-16(6-4-15)17-9-19-12-20-10-17/h3-6,9-10,12-14H,7-8,11H2,1-2H3,(H,21,23)/t13-,14-/m0/s1. The van der Waals surface area contributed by atoms with Gasteiger partial charge in [0.1, 0.15) is 6.33 Å². The van der Waals surface area contributed by atoms with Gasteiger partial charge in [0.2, 0.25) is 0 Å². The lowest BCUT2D eigenvalue weighted by Crippen LogP contribution is -2.49. The molecule has 0 unspecified atom stereocenters. The fourth-order valence-electron chi connectivity index (χ4n) is 2.78. The second-order valence-corrected chi connectivity index (χ2v) is 6.05. The van der Waals surface area contributed by atoms with E-state index in [1.807, 2.05) is 38.1 Å². The molecule has 1 aromatic carbocycles. The van der Waals surface area contributed by atoms with Crippen LogP contribution in [0.15, 0.2) is 43.0 Å². The Kier molecular flexibility index (Phi) is 5.05. The summed E-state index contributed by atoms with van der Waals surface area (Å²) in [6, 6.07) is 7.99. The molecule has 0 radical (unpaired) electrons. The van der Waals surface area contributed by atoms with Crippen molar-refractivity contribution in [3.05, 3.63) is 48.5 Å². The molecule has 2 aromatic rings. The summed E-state index contributed by atoms with van der Waals surface area (Å²) >= 11 is 0. The SMILES string of the molecule is C[C@H](NC(=O)N1CCO[C@@H](C)C1)c1ccc(-c2cncnc2)cc1. The van der Waals surface area contributed by atoms with E-state index in [1.54, 1.807) is 17.3 Å². The molecule has 6 heteroatoms. The Morgan fingerprint density at radius 3 is 2.62 bits per heavy atom. The molecule has 0 spiro atoms. The van der Waals surface area contributed by atoms with Gasteiger partial charge in [-0.25, -0.2) is 14.8 Å². The highest BCUT2D eigenvalue weighted by Crippen LogP contribution is 2.21. The fraction of sp³-hybridized carbons (Fsp3) is 0.389. The van der Waals surface area contributed by atoms with Gasteiger partial charge in [-0.15, -0.1) is 0 Å². The summed E-state index contributed by atoms with van der Waals surface area (Å²) in [6.45, 7) is 5.83. The molecule has 24 heavy (non-hydrogen) atoms. The van der Waals surface area contributed by atoms with Gasteiger partial charge >= 0.3 is 6.03 Å². The molecule has 2 atom stereocenters. The zero-order chi connectivity index (χ0) is 16.9. The van der Waals surface area contributed by atoms with Crippen molar-refractivity contribution < 1.29 is 9.53 Å². The number of hydrogen-bond acceptors (Lipinski definition) is 4. The highest BCUT2D eigenvalue weighted by Gasteiger charge is 2.22. The van der Waals surface area contributed by atoms with E-state index in [2.05, 4.69) is 15.3 Å². The van der Waals surface area contributed by atoms with E-state index in [-0.39, 0.29) is 18.2 Å². The number of carbonyl (C=O) groups excluding carboxylic acids is 1. The van der Waals surface area contributed by atoms with Crippen LogP contribution in [0.25, 0.3) is 11.1 Å². The molecular formula is C18H22N4O2. The number of amides is 2. The Balaban J connectivity index is 1.62. The molecule has 126 valence electrons. The van der Waals surface area contributed by atoms with Crippen LogP contribution in [0.1, 0.15) is 25.5 Å².